The number of esters is 1. The standard InChI is InChI=1S/C15H19NO5/c1-15(2)14(18)21-6-5-16(15)13(17)10-7-11(19-3)9-12(8-10)20-4/h7-9H,5-6H2,1-4H3. The van der Waals surface area contributed by atoms with E-state index in [4.69, 9.17) is 14.2 Å². The van der Waals surface area contributed by atoms with Gasteiger partial charge in [0.2, 0.25) is 0 Å². The highest BCUT2D eigenvalue weighted by atomic mass is 16.5. The summed E-state index contributed by atoms with van der Waals surface area (Å²) in [6, 6.07) is 4.94. The lowest BCUT2D eigenvalue weighted by Crippen LogP contribution is -2.58. The summed E-state index contributed by atoms with van der Waals surface area (Å²) in [6.45, 7) is 3.90. The van der Waals surface area contributed by atoms with E-state index in [1.54, 1.807) is 32.0 Å². The average molecular weight is 293 g/mol. The maximum absolute atomic E-state index is 12.7. The normalized spacial score (nSPS) is 17.1. The van der Waals surface area contributed by atoms with E-state index >= 15 is 0 Å². The molecule has 1 aromatic rings. The average Bonchev–Trinajstić information content (AvgIpc) is 2.48. The molecule has 1 fully saturated rings. The molecule has 0 aromatic heterocycles. The molecule has 1 aliphatic heterocycles. The number of carbonyl (C=O) groups is 2. The highest BCUT2D eigenvalue weighted by molar-refractivity contribution is 5.99. The molecule has 0 aliphatic carbocycles. The predicted molar refractivity (Wildman–Crippen MR) is 75.6 cm³/mol. The van der Waals surface area contributed by atoms with E-state index in [1.807, 2.05) is 0 Å². The molecule has 21 heavy (non-hydrogen) atoms. The molecule has 1 amide bonds. The van der Waals surface area contributed by atoms with Crippen LogP contribution in [0.2, 0.25) is 0 Å². The molecule has 0 spiro atoms. The van der Waals surface area contributed by atoms with Crippen molar-refractivity contribution in [2.24, 2.45) is 0 Å². The zero-order chi connectivity index (χ0) is 15.6. The van der Waals surface area contributed by atoms with E-state index in [9.17, 15) is 9.59 Å². The number of methoxy groups -OCH3 is 2. The van der Waals surface area contributed by atoms with Crippen LogP contribution in [0.1, 0.15) is 24.2 Å². The van der Waals surface area contributed by atoms with E-state index in [1.165, 1.54) is 19.1 Å². The molecule has 0 unspecified atom stereocenters. The van der Waals surface area contributed by atoms with Crippen molar-refractivity contribution < 1.29 is 23.8 Å². The molecular weight excluding hydrogens is 274 g/mol. The van der Waals surface area contributed by atoms with Gasteiger partial charge in [0.15, 0.2) is 0 Å². The van der Waals surface area contributed by atoms with Crippen LogP contribution in [0.25, 0.3) is 0 Å². The Morgan fingerprint density at radius 1 is 1.19 bits per heavy atom. The minimum atomic E-state index is -0.994. The second-order valence-corrected chi connectivity index (χ2v) is 5.25. The van der Waals surface area contributed by atoms with Crippen molar-refractivity contribution in [3.63, 3.8) is 0 Å². The molecule has 114 valence electrons. The first kappa shape index (κ1) is 15.2. The maximum Gasteiger partial charge on any atom is 0.331 e. The Morgan fingerprint density at radius 3 is 2.29 bits per heavy atom. The van der Waals surface area contributed by atoms with Crippen LogP contribution in [0, 0.1) is 0 Å². The maximum atomic E-state index is 12.7. The van der Waals surface area contributed by atoms with Crippen molar-refractivity contribution in [1.82, 2.24) is 4.90 Å². The molecule has 0 bridgehead atoms. The third-order valence-corrected chi connectivity index (χ3v) is 3.57. The van der Waals surface area contributed by atoms with Gasteiger partial charge in [-0.3, -0.25) is 4.79 Å². The van der Waals surface area contributed by atoms with Crippen LogP contribution < -0.4 is 9.47 Å². The van der Waals surface area contributed by atoms with Gasteiger partial charge >= 0.3 is 5.97 Å². The summed E-state index contributed by atoms with van der Waals surface area (Å²) >= 11 is 0. The SMILES string of the molecule is COc1cc(OC)cc(C(=O)N2CCOC(=O)C2(C)C)c1. The Balaban J connectivity index is 2.37. The number of cyclic esters (lactones) is 1. The van der Waals surface area contributed by atoms with Crippen molar-refractivity contribution in [2.45, 2.75) is 19.4 Å². The van der Waals surface area contributed by atoms with Crippen molar-refractivity contribution >= 4 is 11.9 Å². The van der Waals surface area contributed by atoms with Crippen LogP contribution in [-0.2, 0) is 9.53 Å². The van der Waals surface area contributed by atoms with E-state index in [2.05, 4.69) is 0 Å². The quantitative estimate of drug-likeness (QED) is 0.790. The molecule has 0 radical (unpaired) electrons. The molecule has 1 aliphatic rings. The minimum absolute atomic E-state index is 0.203. The molecule has 1 aromatic carbocycles. The molecule has 0 saturated carbocycles. The van der Waals surface area contributed by atoms with Crippen molar-refractivity contribution in [2.75, 3.05) is 27.4 Å². The molecule has 1 heterocycles. The zero-order valence-electron chi connectivity index (χ0n) is 12.6. The van der Waals surface area contributed by atoms with Crippen molar-refractivity contribution in [3.8, 4) is 11.5 Å². The van der Waals surface area contributed by atoms with Crippen molar-refractivity contribution in [3.05, 3.63) is 23.8 Å². The molecule has 0 atom stereocenters. The summed E-state index contributed by atoms with van der Waals surface area (Å²) in [6.07, 6.45) is 0. The van der Waals surface area contributed by atoms with Crippen LogP contribution in [0.3, 0.4) is 0 Å². The summed E-state index contributed by atoms with van der Waals surface area (Å²) in [5.41, 5.74) is -0.583. The van der Waals surface area contributed by atoms with Gasteiger partial charge in [-0.2, -0.15) is 0 Å². The fourth-order valence-corrected chi connectivity index (χ4v) is 2.24. The van der Waals surface area contributed by atoms with Gasteiger partial charge in [-0.25, -0.2) is 4.79 Å². The van der Waals surface area contributed by atoms with E-state index in [0.717, 1.165) is 0 Å². The lowest BCUT2D eigenvalue weighted by atomic mass is 9.99. The number of amides is 1. The zero-order valence-corrected chi connectivity index (χ0v) is 12.6. The fraction of sp³-hybridized carbons (Fsp3) is 0.467. The number of rotatable bonds is 3. The Morgan fingerprint density at radius 2 is 1.76 bits per heavy atom. The molecule has 2 rings (SSSR count). The van der Waals surface area contributed by atoms with E-state index < -0.39 is 11.5 Å². The van der Waals surface area contributed by atoms with Crippen LogP contribution >= 0.6 is 0 Å². The summed E-state index contributed by atoms with van der Waals surface area (Å²) < 4.78 is 15.3. The van der Waals surface area contributed by atoms with Crippen LogP contribution in [0.5, 0.6) is 11.5 Å². The Hall–Kier alpha value is -2.24. The predicted octanol–water partition coefficient (Wildman–Crippen LogP) is 1.48. The molecule has 0 N–H and O–H groups in total. The van der Waals surface area contributed by atoms with Gasteiger partial charge in [-0.1, -0.05) is 0 Å². The number of hydrogen-bond acceptors (Lipinski definition) is 5. The van der Waals surface area contributed by atoms with Gasteiger partial charge in [0.05, 0.1) is 20.8 Å². The number of morpholine rings is 1. The third-order valence-electron chi connectivity index (χ3n) is 3.57. The fourth-order valence-electron chi connectivity index (χ4n) is 2.24. The second kappa shape index (κ2) is 5.63. The number of hydrogen-bond donors (Lipinski definition) is 0. The molecule has 6 nitrogen and oxygen atoms in total. The monoisotopic (exact) mass is 293 g/mol. The molecule has 6 heteroatoms. The largest absolute Gasteiger partial charge is 0.497 e. The van der Waals surface area contributed by atoms with Gasteiger partial charge in [0, 0.05) is 11.6 Å². The second-order valence-electron chi connectivity index (χ2n) is 5.25. The topological polar surface area (TPSA) is 65.1 Å². The summed E-state index contributed by atoms with van der Waals surface area (Å²) in [4.78, 5) is 26.1. The lowest BCUT2D eigenvalue weighted by Gasteiger charge is -2.40. The smallest absolute Gasteiger partial charge is 0.331 e. The first-order valence-electron chi connectivity index (χ1n) is 6.62. The van der Waals surface area contributed by atoms with Crippen LogP contribution in [0.4, 0.5) is 0 Å². The highest BCUT2D eigenvalue weighted by Gasteiger charge is 2.42. The summed E-state index contributed by atoms with van der Waals surface area (Å²) in [5.74, 6) is 0.385. The number of benzene rings is 1. The minimum Gasteiger partial charge on any atom is -0.497 e. The van der Waals surface area contributed by atoms with Crippen LogP contribution in [-0.4, -0.2) is 49.7 Å². The molecule has 1 saturated heterocycles. The Kier molecular flexibility index (Phi) is 4.06. The third kappa shape index (κ3) is 2.79. The van der Waals surface area contributed by atoms with Gasteiger partial charge < -0.3 is 19.1 Å². The van der Waals surface area contributed by atoms with Gasteiger partial charge in [0.1, 0.15) is 23.6 Å². The van der Waals surface area contributed by atoms with Crippen LogP contribution in [0.15, 0.2) is 18.2 Å². The summed E-state index contributed by atoms with van der Waals surface area (Å²) in [5, 5.41) is 0. The van der Waals surface area contributed by atoms with Gasteiger partial charge in [0.25, 0.3) is 5.91 Å². The van der Waals surface area contributed by atoms with Gasteiger partial charge in [-0.05, 0) is 26.0 Å². The van der Waals surface area contributed by atoms with E-state index in [-0.39, 0.29) is 12.5 Å². The first-order chi connectivity index (χ1) is 9.90. The lowest BCUT2D eigenvalue weighted by molar-refractivity contribution is -0.162. The number of ether oxygens (including phenoxy) is 3. The Labute approximate surface area is 123 Å². The van der Waals surface area contributed by atoms with E-state index in [0.29, 0.717) is 23.6 Å². The Bertz CT molecular complexity index is 545. The first-order valence-corrected chi connectivity index (χ1v) is 6.62. The van der Waals surface area contributed by atoms with Crippen molar-refractivity contribution in [1.29, 1.82) is 0 Å². The number of carbonyl (C=O) groups excluding carboxylic acids is 2. The number of nitrogens with zero attached hydrogens (tertiary/aromatic N) is 1. The molecular formula is C15H19NO5. The summed E-state index contributed by atoms with van der Waals surface area (Å²) in [7, 11) is 3.04. The van der Waals surface area contributed by atoms with Gasteiger partial charge in [-0.15, -0.1) is 0 Å². The highest BCUT2D eigenvalue weighted by Crippen LogP contribution is 2.27.